The Labute approximate surface area is 238 Å². The number of carbonyl (C=O) groups excluding carboxylic acids is 3. The molecule has 3 aliphatic rings. The average Bonchev–Trinajstić information content (AvgIpc) is 3.45. The summed E-state index contributed by atoms with van der Waals surface area (Å²) < 4.78 is 6.87. The number of nitrogens with zero attached hydrogens (tertiary/aromatic N) is 3. The zero-order chi connectivity index (χ0) is 29.1. The van der Waals surface area contributed by atoms with Crippen LogP contribution in [0, 0.1) is 17.8 Å². The zero-order valence-corrected chi connectivity index (χ0v) is 24.3. The van der Waals surface area contributed by atoms with E-state index in [0.717, 1.165) is 18.4 Å². The molecule has 3 saturated heterocycles. The van der Waals surface area contributed by atoms with Gasteiger partial charge in [-0.1, -0.05) is 62.8 Å². The van der Waals surface area contributed by atoms with Gasteiger partial charge in [-0.2, -0.15) is 0 Å². The van der Waals surface area contributed by atoms with E-state index in [1.54, 1.807) is 26.9 Å². The normalized spacial score (nSPS) is 30.3. The summed E-state index contributed by atoms with van der Waals surface area (Å²) in [6.07, 6.45) is 6.03. The Morgan fingerprint density at radius 1 is 1.12 bits per heavy atom. The van der Waals surface area contributed by atoms with Gasteiger partial charge in [-0.3, -0.25) is 14.4 Å². The summed E-state index contributed by atoms with van der Waals surface area (Å²) in [5.41, 5.74) is -1.00. The number of amides is 3. The molecule has 2 bridgehead atoms. The van der Waals surface area contributed by atoms with Crippen molar-refractivity contribution >= 4 is 17.7 Å². The number of hydrogen-bond acceptors (Lipinski definition) is 5. The first-order chi connectivity index (χ1) is 19.2. The molecule has 218 valence electrons. The highest BCUT2D eigenvalue weighted by Gasteiger charge is 2.80. The summed E-state index contributed by atoms with van der Waals surface area (Å²) >= 11 is 0. The molecule has 6 atom stereocenters. The number of aliphatic hydroxyl groups is 1. The van der Waals surface area contributed by atoms with Gasteiger partial charge in [-0.15, -0.1) is 13.2 Å². The van der Waals surface area contributed by atoms with Gasteiger partial charge < -0.3 is 24.5 Å². The second-order valence-electron chi connectivity index (χ2n) is 11.7. The fraction of sp³-hybridized carbons (Fsp3) is 0.594. The second-order valence-corrected chi connectivity index (χ2v) is 11.7. The van der Waals surface area contributed by atoms with Crippen molar-refractivity contribution in [2.45, 2.75) is 70.2 Å². The number of aliphatic hydroxyl groups excluding tert-OH is 1. The minimum absolute atomic E-state index is 0.0376. The Morgan fingerprint density at radius 3 is 2.42 bits per heavy atom. The van der Waals surface area contributed by atoms with Crippen LogP contribution in [0.15, 0.2) is 55.6 Å². The van der Waals surface area contributed by atoms with Gasteiger partial charge in [0, 0.05) is 39.3 Å². The van der Waals surface area contributed by atoms with Crippen LogP contribution in [0.1, 0.15) is 52.0 Å². The smallest absolute Gasteiger partial charge is 0.248 e. The Hall–Kier alpha value is -2.97. The van der Waals surface area contributed by atoms with Gasteiger partial charge in [-0.25, -0.2) is 0 Å². The van der Waals surface area contributed by atoms with Gasteiger partial charge >= 0.3 is 0 Å². The summed E-state index contributed by atoms with van der Waals surface area (Å²) in [4.78, 5) is 48.1. The number of fused-ring (bicyclic) bond motifs is 1. The minimum Gasteiger partial charge on any atom is -0.396 e. The molecule has 3 fully saturated rings. The zero-order valence-electron chi connectivity index (χ0n) is 24.3. The van der Waals surface area contributed by atoms with Crippen molar-refractivity contribution in [1.29, 1.82) is 0 Å². The fourth-order valence-corrected chi connectivity index (χ4v) is 7.23. The molecule has 0 saturated carbocycles. The predicted octanol–water partition coefficient (Wildman–Crippen LogP) is 3.41. The van der Waals surface area contributed by atoms with Crippen molar-refractivity contribution in [2.75, 3.05) is 32.8 Å². The molecule has 1 aromatic carbocycles. The molecule has 8 nitrogen and oxygen atoms in total. The van der Waals surface area contributed by atoms with E-state index in [0.29, 0.717) is 39.0 Å². The third kappa shape index (κ3) is 5.00. The lowest BCUT2D eigenvalue weighted by Gasteiger charge is -2.39. The highest BCUT2D eigenvalue weighted by molar-refractivity contribution is 5.99. The van der Waals surface area contributed by atoms with Crippen LogP contribution < -0.4 is 0 Å². The van der Waals surface area contributed by atoms with E-state index in [4.69, 9.17) is 4.74 Å². The molecule has 40 heavy (non-hydrogen) atoms. The van der Waals surface area contributed by atoms with Crippen LogP contribution >= 0.6 is 0 Å². The maximum atomic E-state index is 14.4. The molecule has 4 rings (SSSR count). The van der Waals surface area contributed by atoms with E-state index in [2.05, 4.69) is 27.0 Å². The SMILES string of the molecule is C=CCN(CCCC)C(=O)C1N(CCCO)C(=O)[C@@H]2[C@H](C(=O)N(CC=C)Cc3ccccc3)[C@@]3(C)OC12CC3C. The van der Waals surface area contributed by atoms with E-state index < -0.39 is 29.1 Å². The maximum Gasteiger partial charge on any atom is 0.248 e. The third-order valence-corrected chi connectivity index (χ3v) is 9.19. The quantitative estimate of drug-likeness (QED) is 0.358. The van der Waals surface area contributed by atoms with Crippen molar-refractivity contribution in [3.8, 4) is 0 Å². The van der Waals surface area contributed by atoms with Crippen molar-refractivity contribution < 1.29 is 24.2 Å². The van der Waals surface area contributed by atoms with Gasteiger partial charge in [-0.05, 0) is 37.7 Å². The van der Waals surface area contributed by atoms with Crippen LogP contribution in [-0.4, -0.2) is 87.6 Å². The van der Waals surface area contributed by atoms with Crippen LogP contribution in [0.3, 0.4) is 0 Å². The van der Waals surface area contributed by atoms with Crippen molar-refractivity contribution in [3.63, 3.8) is 0 Å². The Morgan fingerprint density at radius 2 is 1.80 bits per heavy atom. The molecule has 0 aliphatic carbocycles. The van der Waals surface area contributed by atoms with E-state index in [1.165, 1.54) is 0 Å². The molecule has 8 heteroatoms. The van der Waals surface area contributed by atoms with E-state index in [1.807, 2.05) is 37.3 Å². The number of carbonyl (C=O) groups is 3. The minimum atomic E-state index is -1.10. The molecule has 3 unspecified atom stereocenters. The largest absolute Gasteiger partial charge is 0.396 e. The van der Waals surface area contributed by atoms with Gasteiger partial charge in [0.25, 0.3) is 0 Å². The highest BCUT2D eigenvalue weighted by atomic mass is 16.5. The molecule has 0 radical (unpaired) electrons. The van der Waals surface area contributed by atoms with Gasteiger partial charge in [0.15, 0.2) is 0 Å². The molecular formula is C32H45N3O5. The van der Waals surface area contributed by atoms with Crippen LogP contribution in [0.5, 0.6) is 0 Å². The lowest BCUT2D eigenvalue weighted by molar-refractivity contribution is -0.155. The van der Waals surface area contributed by atoms with Crippen molar-refractivity contribution in [1.82, 2.24) is 14.7 Å². The summed E-state index contributed by atoms with van der Waals surface area (Å²) in [6, 6.07) is 8.91. The number of rotatable bonds is 14. The summed E-state index contributed by atoms with van der Waals surface area (Å²) in [6.45, 7) is 15.6. The standard InChI is InChI=1S/C32H45N3O5/c1-6-9-18-33(16-7-2)30(39)27-32-21-23(4)31(5,40-32)25(26(32)29(38)35(27)19-13-20-36)28(37)34(17-8-3)22-24-14-11-10-12-15-24/h7-8,10-12,14-15,23,25-27,36H,2-3,6,9,13,16-22H2,1,4-5H3/t23?,25-,26+,27?,31+,32?/m1/s1. The first kappa shape index (κ1) is 30.0. The summed E-state index contributed by atoms with van der Waals surface area (Å²) in [5, 5.41) is 9.63. The maximum absolute atomic E-state index is 14.4. The second kappa shape index (κ2) is 12.3. The highest BCUT2D eigenvalue weighted by Crippen LogP contribution is 2.65. The number of benzene rings is 1. The van der Waals surface area contributed by atoms with Crippen molar-refractivity contribution in [2.24, 2.45) is 17.8 Å². The molecule has 1 N–H and O–H groups in total. The van der Waals surface area contributed by atoms with Crippen LogP contribution in [0.4, 0.5) is 0 Å². The van der Waals surface area contributed by atoms with Gasteiger partial charge in [0.2, 0.25) is 17.7 Å². The first-order valence-electron chi connectivity index (χ1n) is 14.6. The lowest BCUT2D eigenvalue weighted by atomic mass is 9.62. The average molecular weight is 552 g/mol. The van der Waals surface area contributed by atoms with Crippen molar-refractivity contribution in [3.05, 3.63) is 61.2 Å². The summed E-state index contributed by atoms with van der Waals surface area (Å²) in [7, 11) is 0. The fourth-order valence-electron chi connectivity index (χ4n) is 7.23. The molecule has 3 aliphatic heterocycles. The Bertz CT molecular complexity index is 1110. The molecule has 1 aromatic rings. The monoisotopic (exact) mass is 551 g/mol. The number of ether oxygens (including phenoxy) is 1. The Balaban J connectivity index is 1.76. The molecule has 1 spiro atoms. The molecule has 0 aromatic heterocycles. The van der Waals surface area contributed by atoms with Crippen LogP contribution in [0.2, 0.25) is 0 Å². The molecular weight excluding hydrogens is 506 g/mol. The predicted molar refractivity (Wildman–Crippen MR) is 154 cm³/mol. The number of unbranched alkanes of at least 4 members (excludes halogenated alkanes) is 1. The number of hydrogen-bond donors (Lipinski definition) is 1. The van der Waals surface area contributed by atoms with Crippen LogP contribution in [-0.2, 0) is 25.7 Å². The lowest BCUT2D eigenvalue weighted by Crippen LogP contribution is -2.57. The van der Waals surface area contributed by atoms with Crippen LogP contribution in [0.25, 0.3) is 0 Å². The van der Waals surface area contributed by atoms with E-state index >= 15 is 0 Å². The first-order valence-corrected chi connectivity index (χ1v) is 14.6. The molecule has 3 heterocycles. The summed E-state index contributed by atoms with van der Waals surface area (Å²) in [5.74, 6) is -2.09. The Kier molecular flexibility index (Phi) is 9.20. The van der Waals surface area contributed by atoms with Gasteiger partial charge in [0.1, 0.15) is 11.6 Å². The topological polar surface area (TPSA) is 90.4 Å². The molecule has 3 amide bonds. The van der Waals surface area contributed by atoms with E-state index in [9.17, 15) is 19.5 Å². The van der Waals surface area contributed by atoms with E-state index in [-0.39, 0.29) is 36.8 Å². The third-order valence-electron chi connectivity index (χ3n) is 9.19. The number of likely N-dealkylation sites (tertiary alicyclic amines) is 1. The van der Waals surface area contributed by atoms with Gasteiger partial charge in [0.05, 0.1) is 17.4 Å².